The molecule has 0 aliphatic carbocycles. The van der Waals surface area contributed by atoms with Gasteiger partial charge in [-0.2, -0.15) is 5.26 Å². The van der Waals surface area contributed by atoms with Gasteiger partial charge in [0.25, 0.3) is 5.56 Å². The molecular weight excluding hydrogens is 300 g/mol. The van der Waals surface area contributed by atoms with Crippen LogP contribution in [0.15, 0.2) is 22.3 Å². The summed E-state index contributed by atoms with van der Waals surface area (Å²) in [5.41, 5.74) is -0.408. The minimum Gasteiger partial charge on any atom is -0.494 e. The monoisotopic (exact) mass is 316 g/mol. The summed E-state index contributed by atoms with van der Waals surface area (Å²) in [7, 11) is 0. The Hall–Kier alpha value is -2.39. The third-order valence-corrected chi connectivity index (χ3v) is 4.62. The molecule has 2 aromatic rings. The number of aromatic nitrogens is 1. The van der Waals surface area contributed by atoms with Crippen molar-refractivity contribution < 1.29 is 9.90 Å². The van der Waals surface area contributed by atoms with E-state index in [1.807, 2.05) is 13.0 Å². The van der Waals surface area contributed by atoms with Crippen LogP contribution in [0.5, 0.6) is 5.88 Å². The van der Waals surface area contributed by atoms with Crippen molar-refractivity contribution in [2.75, 3.05) is 0 Å². The lowest BCUT2D eigenvalue weighted by molar-refractivity contribution is 0.103. The molecule has 22 heavy (non-hydrogen) atoms. The molecule has 5 nitrogen and oxygen atoms in total. The summed E-state index contributed by atoms with van der Waals surface area (Å²) in [6.45, 7) is 5.14. The van der Waals surface area contributed by atoms with Gasteiger partial charge in [-0.15, -0.1) is 11.3 Å². The molecule has 1 unspecified atom stereocenters. The van der Waals surface area contributed by atoms with Gasteiger partial charge in [-0.05, 0) is 37.3 Å². The predicted molar refractivity (Wildman–Crippen MR) is 84.6 cm³/mol. The van der Waals surface area contributed by atoms with Gasteiger partial charge in [0.2, 0.25) is 11.7 Å². The largest absolute Gasteiger partial charge is 0.494 e. The molecule has 1 atom stereocenters. The minimum atomic E-state index is -0.561. The number of nitrogens with zero attached hydrogens (tertiary/aromatic N) is 2. The highest BCUT2D eigenvalue weighted by molar-refractivity contribution is 7.12. The molecule has 0 aromatic carbocycles. The zero-order chi connectivity index (χ0) is 16.4. The predicted octanol–water partition coefficient (Wildman–Crippen LogP) is 3.00. The van der Waals surface area contributed by atoms with Crippen LogP contribution in [0, 0.1) is 18.3 Å². The SMILES string of the molecule is CCC(C)n1c(O)c(C(=O)c2cccs2)c(C)c(C#N)c1=O. The van der Waals surface area contributed by atoms with Gasteiger partial charge in [-0.3, -0.25) is 14.2 Å². The van der Waals surface area contributed by atoms with Crippen LogP contribution in [-0.2, 0) is 0 Å². The van der Waals surface area contributed by atoms with Crippen molar-refractivity contribution >= 4 is 17.1 Å². The summed E-state index contributed by atoms with van der Waals surface area (Å²) in [6, 6.07) is 4.93. The molecule has 0 aliphatic heterocycles. The van der Waals surface area contributed by atoms with Crippen LogP contribution in [-0.4, -0.2) is 15.5 Å². The van der Waals surface area contributed by atoms with Gasteiger partial charge in [-0.1, -0.05) is 13.0 Å². The zero-order valence-corrected chi connectivity index (χ0v) is 13.4. The Morgan fingerprint density at radius 2 is 2.23 bits per heavy atom. The highest BCUT2D eigenvalue weighted by Gasteiger charge is 2.26. The van der Waals surface area contributed by atoms with Crippen molar-refractivity contribution in [3.63, 3.8) is 0 Å². The Labute approximate surface area is 132 Å². The van der Waals surface area contributed by atoms with Gasteiger partial charge in [-0.25, -0.2) is 0 Å². The van der Waals surface area contributed by atoms with Gasteiger partial charge in [0.15, 0.2) is 0 Å². The number of carbonyl (C=O) groups is 1. The highest BCUT2D eigenvalue weighted by Crippen LogP contribution is 2.28. The number of aromatic hydroxyl groups is 1. The maximum atomic E-state index is 12.6. The van der Waals surface area contributed by atoms with E-state index in [0.717, 1.165) is 4.57 Å². The number of hydrogen-bond donors (Lipinski definition) is 1. The molecule has 0 saturated heterocycles. The van der Waals surface area contributed by atoms with Gasteiger partial charge in [0.05, 0.1) is 10.4 Å². The fraction of sp³-hybridized carbons (Fsp3) is 0.312. The summed E-state index contributed by atoms with van der Waals surface area (Å²) in [4.78, 5) is 25.4. The molecule has 2 heterocycles. The molecule has 2 aromatic heterocycles. The van der Waals surface area contributed by atoms with Crippen molar-refractivity contribution in [3.05, 3.63) is 49.4 Å². The quantitative estimate of drug-likeness (QED) is 0.879. The Morgan fingerprint density at radius 1 is 1.55 bits per heavy atom. The standard InChI is InChI=1S/C16H16N2O3S/c1-4-9(2)18-15(20)11(8-17)10(3)13(16(18)21)14(19)12-6-5-7-22-12/h5-7,9,21H,4H2,1-3H3. The molecule has 1 N–H and O–H groups in total. The summed E-state index contributed by atoms with van der Waals surface area (Å²) in [5.74, 6) is -0.743. The molecule has 0 fully saturated rings. The first-order valence-corrected chi connectivity index (χ1v) is 7.78. The number of pyridine rings is 1. The molecule has 6 heteroatoms. The first-order chi connectivity index (χ1) is 10.4. The lowest BCUT2D eigenvalue weighted by Crippen LogP contribution is -2.28. The van der Waals surface area contributed by atoms with Crippen molar-refractivity contribution in [1.82, 2.24) is 4.57 Å². The van der Waals surface area contributed by atoms with Gasteiger partial charge < -0.3 is 5.11 Å². The van der Waals surface area contributed by atoms with Crippen LogP contribution >= 0.6 is 11.3 Å². The van der Waals surface area contributed by atoms with E-state index >= 15 is 0 Å². The Morgan fingerprint density at radius 3 is 2.73 bits per heavy atom. The van der Waals surface area contributed by atoms with E-state index in [1.54, 1.807) is 24.4 Å². The third kappa shape index (κ3) is 2.44. The van der Waals surface area contributed by atoms with E-state index in [-0.39, 0.29) is 34.4 Å². The molecule has 0 bridgehead atoms. The van der Waals surface area contributed by atoms with Crippen LogP contribution in [0.1, 0.15) is 52.7 Å². The fourth-order valence-electron chi connectivity index (χ4n) is 2.32. The lowest BCUT2D eigenvalue weighted by Gasteiger charge is -2.19. The average molecular weight is 316 g/mol. The number of thiophene rings is 1. The summed E-state index contributed by atoms with van der Waals surface area (Å²) in [5, 5.41) is 21.5. The number of hydrogen-bond acceptors (Lipinski definition) is 5. The second kappa shape index (κ2) is 6.16. The summed E-state index contributed by atoms with van der Waals surface area (Å²) >= 11 is 1.25. The van der Waals surface area contributed by atoms with Crippen LogP contribution in [0.3, 0.4) is 0 Å². The second-order valence-electron chi connectivity index (χ2n) is 5.05. The van der Waals surface area contributed by atoms with Crippen LogP contribution in [0.4, 0.5) is 0 Å². The highest BCUT2D eigenvalue weighted by atomic mass is 32.1. The molecule has 0 radical (unpaired) electrons. The fourth-order valence-corrected chi connectivity index (χ4v) is 2.99. The molecule has 0 saturated carbocycles. The van der Waals surface area contributed by atoms with E-state index in [4.69, 9.17) is 0 Å². The molecule has 2 rings (SSSR count). The Kier molecular flexibility index (Phi) is 4.48. The normalized spacial score (nSPS) is 11.9. The first-order valence-electron chi connectivity index (χ1n) is 6.90. The van der Waals surface area contributed by atoms with Crippen LogP contribution in [0.25, 0.3) is 0 Å². The van der Waals surface area contributed by atoms with Crippen LogP contribution in [0.2, 0.25) is 0 Å². The molecular formula is C16H16N2O3S. The van der Waals surface area contributed by atoms with E-state index in [1.165, 1.54) is 18.3 Å². The Balaban J connectivity index is 2.82. The van der Waals surface area contributed by atoms with Crippen molar-refractivity contribution in [1.29, 1.82) is 5.26 Å². The van der Waals surface area contributed by atoms with Crippen molar-refractivity contribution in [2.24, 2.45) is 0 Å². The molecule has 114 valence electrons. The smallest absolute Gasteiger partial charge is 0.271 e. The topological polar surface area (TPSA) is 83.1 Å². The zero-order valence-electron chi connectivity index (χ0n) is 12.6. The van der Waals surface area contributed by atoms with Gasteiger partial charge in [0, 0.05) is 6.04 Å². The number of carbonyl (C=O) groups excluding carboxylic acids is 1. The summed E-state index contributed by atoms with van der Waals surface area (Å²) < 4.78 is 1.13. The second-order valence-corrected chi connectivity index (χ2v) is 6.00. The molecule has 0 spiro atoms. The molecule has 0 aliphatic rings. The van der Waals surface area contributed by atoms with Crippen molar-refractivity contribution in [2.45, 2.75) is 33.2 Å². The van der Waals surface area contributed by atoms with E-state index < -0.39 is 5.56 Å². The van der Waals surface area contributed by atoms with Crippen LogP contribution < -0.4 is 5.56 Å². The summed E-state index contributed by atoms with van der Waals surface area (Å²) in [6.07, 6.45) is 0.591. The van der Waals surface area contributed by atoms with E-state index in [0.29, 0.717) is 11.3 Å². The maximum absolute atomic E-state index is 12.6. The van der Waals surface area contributed by atoms with Gasteiger partial charge >= 0.3 is 0 Å². The lowest BCUT2D eigenvalue weighted by atomic mass is 10.00. The minimum absolute atomic E-state index is 0.0268. The third-order valence-electron chi connectivity index (χ3n) is 3.75. The van der Waals surface area contributed by atoms with Crippen molar-refractivity contribution in [3.8, 4) is 11.9 Å². The number of rotatable bonds is 4. The number of ketones is 1. The average Bonchev–Trinajstić information content (AvgIpc) is 3.01. The Bertz CT molecular complexity index is 813. The molecule has 0 amide bonds. The van der Waals surface area contributed by atoms with Gasteiger partial charge in [0.1, 0.15) is 11.6 Å². The van der Waals surface area contributed by atoms with E-state index in [2.05, 4.69) is 0 Å². The maximum Gasteiger partial charge on any atom is 0.271 e. The first kappa shape index (κ1) is 16.0. The number of nitriles is 1. The van der Waals surface area contributed by atoms with E-state index in [9.17, 15) is 20.0 Å².